The highest BCUT2D eigenvalue weighted by molar-refractivity contribution is 5.96. The Hall–Kier alpha value is -1.39. The van der Waals surface area contributed by atoms with E-state index >= 15 is 0 Å². The molecule has 0 saturated heterocycles. The van der Waals surface area contributed by atoms with E-state index in [0.29, 0.717) is 0 Å². The average Bonchev–Trinajstić information content (AvgIpc) is 2.42. The molecule has 23 heavy (non-hydrogen) atoms. The summed E-state index contributed by atoms with van der Waals surface area (Å²) in [6, 6.07) is 2.37. The standard InChI is InChI=1S/C11H12F5N3O2.2ClH/c12-10(13,4-17)5-19-8(20)7-2-1-3-18-9(7)21-6-11(14,15)16;;/h1-3H,4-6,17H2,(H,19,20);2*1H. The zero-order valence-electron chi connectivity index (χ0n) is 11.4. The lowest BCUT2D eigenvalue weighted by atomic mass is 10.2. The van der Waals surface area contributed by atoms with Crippen molar-refractivity contribution in [2.45, 2.75) is 12.1 Å². The normalized spacial score (nSPS) is 11.0. The third kappa shape index (κ3) is 8.72. The quantitative estimate of drug-likeness (QED) is 0.735. The number of hydrogen-bond acceptors (Lipinski definition) is 4. The van der Waals surface area contributed by atoms with Crippen molar-refractivity contribution >= 4 is 30.7 Å². The van der Waals surface area contributed by atoms with Gasteiger partial charge in [0.15, 0.2) is 6.61 Å². The zero-order chi connectivity index (χ0) is 16.1. The lowest BCUT2D eigenvalue weighted by Gasteiger charge is -2.15. The van der Waals surface area contributed by atoms with E-state index in [9.17, 15) is 26.7 Å². The third-order valence-corrected chi connectivity index (χ3v) is 2.19. The van der Waals surface area contributed by atoms with Gasteiger partial charge in [-0.2, -0.15) is 13.2 Å². The maximum absolute atomic E-state index is 12.9. The summed E-state index contributed by atoms with van der Waals surface area (Å²) in [5, 5.41) is 1.86. The fraction of sp³-hybridized carbons (Fsp3) is 0.455. The Kier molecular flexibility index (Phi) is 10.0. The number of aromatic nitrogens is 1. The molecule has 0 radical (unpaired) electrons. The Morgan fingerprint density at radius 1 is 1.26 bits per heavy atom. The third-order valence-electron chi connectivity index (χ3n) is 2.19. The van der Waals surface area contributed by atoms with E-state index in [-0.39, 0.29) is 30.4 Å². The second-order valence-corrected chi connectivity index (χ2v) is 4.00. The number of rotatable bonds is 6. The fourth-order valence-corrected chi connectivity index (χ4v) is 1.21. The van der Waals surface area contributed by atoms with Crippen molar-refractivity contribution in [3.8, 4) is 5.88 Å². The van der Waals surface area contributed by atoms with E-state index < -0.39 is 43.6 Å². The van der Waals surface area contributed by atoms with Crippen molar-refractivity contribution < 1.29 is 31.5 Å². The second kappa shape index (κ2) is 9.68. The number of nitrogens with two attached hydrogens (primary N) is 1. The molecule has 12 heteroatoms. The Morgan fingerprint density at radius 3 is 2.39 bits per heavy atom. The van der Waals surface area contributed by atoms with Gasteiger partial charge < -0.3 is 15.8 Å². The summed E-state index contributed by atoms with van der Waals surface area (Å²) in [7, 11) is 0. The number of nitrogens with zero attached hydrogens (tertiary/aromatic N) is 1. The first-order valence-electron chi connectivity index (χ1n) is 5.65. The molecule has 1 aromatic rings. The van der Waals surface area contributed by atoms with Gasteiger partial charge in [0.1, 0.15) is 5.56 Å². The van der Waals surface area contributed by atoms with E-state index in [4.69, 9.17) is 5.73 Å². The van der Waals surface area contributed by atoms with Crippen LogP contribution in [0.25, 0.3) is 0 Å². The van der Waals surface area contributed by atoms with Crippen LogP contribution in [0.5, 0.6) is 5.88 Å². The molecule has 1 rings (SSSR count). The van der Waals surface area contributed by atoms with Crippen molar-refractivity contribution in [1.82, 2.24) is 10.3 Å². The SMILES string of the molecule is Cl.Cl.NCC(F)(F)CNC(=O)c1cccnc1OCC(F)(F)F. The van der Waals surface area contributed by atoms with Crippen LogP contribution in [-0.4, -0.2) is 42.7 Å². The first-order chi connectivity index (χ1) is 9.64. The monoisotopic (exact) mass is 385 g/mol. The second-order valence-electron chi connectivity index (χ2n) is 4.00. The smallest absolute Gasteiger partial charge is 0.422 e. The molecule has 0 fully saturated rings. The van der Waals surface area contributed by atoms with Gasteiger partial charge in [-0.1, -0.05) is 0 Å². The highest BCUT2D eigenvalue weighted by Crippen LogP contribution is 2.20. The highest BCUT2D eigenvalue weighted by atomic mass is 35.5. The van der Waals surface area contributed by atoms with Crippen LogP contribution < -0.4 is 15.8 Å². The molecule has 0 aliphatic heterocycles. The molecule has 1 aromatic heterocycles. The van der Waals surface area contributed by atoms with E-state index in [1.807, 2.05) is 5.32 Å². The summed E-state index contributed by atoms with van der Waals surface area (Å²) in [5.41, 5.74) is 4.41. The fourth-order valence-electron chi connectivity index (χ4n) is 1.21. The minimum absolute atomic E-state index is 0. The molecule has 0 atom stereocenters. The first kappa shape index (κ1) is 23.9. The molecule has 0 unspecified atom stereocenters. The van der Waals surface area contributed by atoms with E-state index in [2.05, 4.69) is 9.72 Å². The van der Waals surface area contributed by atoms with Gasteiger partial charge >= 0.3 is 6.18 Å². The predicted octanol–water partition coefficient (Wildman–Crippen LogP) is 2.19. The van der Waals surface area contributed by atoms with Crippen LogP contribution >= 0.6 is 24.8 Å². The van der Waals surface area contributed by atoms with Gasteiger partial charge in [-0.05, 0) is 12.1 Å². The van der Waals surface area contributed by atoms with Gasteiger partial charge in [-0.3, -0.25) is 4.79 Å². The largest absolute Gasteiger partial charge is 0.467 e. The molecule has 0 aliphatic carbocycles. The Morgan fingerprint density at radius 2 is 1.87 bits per heavy atom. The van der Waals surface area contributed by atoms with Gasteiger partial charge in [-0.15, -0.1) is 24.8 Å². The number of alkyl halides is 5. The van der Waals surface area contributed by atoms with Crippen LogP contribution in [0, 0.1) is 0 Å². The number of carbonyl (C=O) groups is 1. The van der Waals surface area contributed by atoms with Gasteiger partial charge in [0.2, 0.25) is 5.88 Å². The number of hydrogen-bond donors (Lipinski definition) is 2. The number of carbonyl (C=O) groups excluding carboxylic acids is 1. The minimum Gasteiger partial charge on any atom is -0.467 e. The molecular weight excluding hydrogens is 372 g/mol. The lowest BCUT2D eigenvalue weighted by molar-refractivity contribution is -0.154. The molecule has 1 amide bonds. The van der Waals surface area contributed by atoms with Crippen LogP contribution in [-0.2, 0) is 0 Å². The molecule has 0 bridgehead atoms. The zero-order valence-corrected chi connectivity index (χ0v) is 13.0. The maximum Gasteiger partial charge on any atom is 0.422 e. The van der Waals surface area contributed by atoms with Gasteiger partial charge in [0, 0.05) is 6.20 Å². The molecule has 134 valence electrons. The van der Waals surface area contributed by atoms with Crippen molar-refractivity contribution in [2.24, 2.45) is 5.73 Å². The van der Waals surface area contributed by atoms with Crippen LogP contribution in [0.15, 0.2) is 18.3 Å². The van der Waals surface area contributed by atoms with Crippen LogP contribution in [0.2, 0.25) is 0 Å². The number of halogens is 7. The molecule has 0 saturated carbocycles. The van der Waals surface area contributed by atoms with E-state index in [1.54, 1.807) is 0 Å². The predicted molar refractivity (Wildman–Crippen MR) is 76.6 cm³/mol. The van der Waals surface area contributed by atoms with E-state index in [0.717, 1.165) is 12.3 Å². The van der Waals surface area contributed by atoms with Crippen molar-refractivity contribution in [3.63, 3.8) is 0 Å². The van der Waals surface area contributed by atoms with Crippen molar-refractivity contribution in [3.05, 3.63) is 23.9 Å². The van der Waals surface area contributed by atoms with Gasteiger partial charge in [-0.25, -0.2) is 13.8 Å². The molecule has 0 spiro atoms. The summed E-state index contributed by atoms with van der Waals surface area (Å²) < 4.78 is 66.3. The molecule has 3 N–H and O–H groups in total. The van der Waals surface area contributed by atoms with Gasteiger partial charge in [0.05, 0.1) is 13.1 Å². The number of pyridine rings is 1. The molecule has 0 aromatic carbocycles. The summed E-state index contributed by atoms with van der Waals surface area (Å²) in [5.74, 6) is -4.94. The number of amides is 1. The molecule has 5 nitrogen and oxygen atoms in total. The van der Waals surface area contributed by atoms with Crippen molar-refractivity contribution in [1.29, 1.82) is 0 Å². The van der Waals surface area contributed by atoms with E-state index in [1.165, 1.54) is 6.07 Å². The average molecular weight is 386 g/mol. The van der Waals surface area contributed by atoms with Crippen molar-refractivity contribution in [2.75, 3.05) is 19.7 Å². The summed E-state index contributed by atoms with van der Waals surface area (Å²) >= 11 is 0. The number of ether oxygens (including phenoxy) is 1. The van der Waals surface area contributed by atoms with Gasteiger partial charge in [0.25, 0.3) is 11.8 Å². The topological polar surface area (TPSA) is 77.2 Å². The molecular formula is C11H14Cl2F5N3O2. The Labute approximate surface area is 140 Å². The van der Waals surface area contributed by atoms with Crippen LogP contribution in [0.3, 0.4) is 0 Å². The lowest BCUT2D eigenvalue weighted by Crippen LogP contribution is -2.41. The maximum atomic E-state index is 12.9. The highest BCUT2D eigenvalue weighted by Gasteiger charge is 2.30. The number of nitrogens with one attached hydrogen (secondary N) is 1. The summed E-state index contributed by atoms with van der Waals surface area (Å²) in [6.45, 7) is -3.67. The summed E-state index contributed by atoms with van der Waals surface area (Å²) in [6.07, 6.45) is -3.51. The first-order valence-corrected chi connectivity index (χ1v) is 5.65. The minimum atomic E-state index is -4.61. The Bertz CT molecular complexity index is 503. The molecule has 1 heterocycles. The summed E-state index contributed by atoms with van der Waals surface area (Å²) in [4.78, 5) is 15.1. The van der Waals surface area contributed by atoms with Crippen LogP contribution in [0.1, 0.15) is 10.4 Å². The van der Waals surface area contributed by atoms with Crippen LogP contribution in [0.4, 0.5) is 22.0 Å². The Balaban J connectivity index is 0. The molecule has 0 aliphatic rings.